The number of ketones is 1. The lowest BCUT2D eigenvalue weighted by atomic mass is 10.1. The van der Waals surface area contributed by atoms with Gasteiger partial charge in [-0.05, 0) is 18.9 Å². The molecule has 1 aliphatic heterocycles. The molecule has 0 aromatic heterocycles. The highest BCUT2D eigenvalue weighted by Crippen LogP contribution is 2.11. The van der Waals surface area contributed by atoms with Gasteiger partial charge >= 0.3 is 0 Å². The van der Waals surface area contributed by atoms with E-state index in [1.165, 1.54) is 0 Å². The first kappa shape index (κ1) is 7.32. The number of carbonyl (C=O) groups is 1. The second-order valence-electron chi connectivity index (χ2n) is 2.39. The first-order chi connectivity index (χ1) is 4.84. The summed E-state index contributed by atoms with van der Waals surface area (Å²) in [5.74, 6) is 0.212. The Morgan fingerprint density at radius 3 is 3.10 bits per heavy atom. The Kier molecular flexibility index (Phi) is 2.49. The van der Waals surface area contributed by atoms with Gasteiger partial charge in [-0.3, -0.25) is 4.79 Å². The zero-order valence-corrected chi connectivity index (χ0v) is 6.17. The first-order valence-electron chi connectivity index (χ1n) is 3.67. The van der Waals surface area contributed by atoms with Crippen molar-refractivity contribution in [2.75, 3.05) is 0 Å². The SMILES string of the molecule is CCC(=O)C1CCC=CO1. The maximum atomic E-state index is 11.0. The molecule has 0 aliphatic carbocycles. The monoisotopic (exact) mass is 140 g/mol. The van der Waals surface area contributed by atoms with Crippen LogP contribution in [0.25, 0.3) is 0 Å². The van der Waals surface area contributed by atoms with E-state index in [1.807, 2.05) is 13.0 Å². The molecule has 1 atom stereocenters. The fourth-order valence-corrected chi connectivity index (χ4v) is 0.999. The molecule has 1 heterocycles. The van der Waals surface area contributed by atoms with Crippen LogP contribution in [0.4, 0.5) is 0 Å². The number of carbonyl (C=O) groups excluding carboxylic acids is 1. The molecule has 0 saturated carbocycles. The van der Waals surface area contributed by atoms with Gasteiger partial charge in [-0.2, -0.15) is 0 Å². The second-order valence-corrected chi connectivity index (χ2v) is 2.39. The standard InChI is InChI=1S/C8H12O2/c1-2-7(9)8-5-3-4-6-10-8/h4,6,8H,2-3,5H2,1H3. The molecule has 1 unspecified atom stereocenters. The van der Waals surface area contributed by atoms with Crippen molar-refractivity contribution in [1.82, 2.24) is 0 Å². The number of rotatable bonds is 2. The van der Waals surface area contributed by atoms with Crippen LogP contribution in [0.2, 0.25) is 0 Å². The van der Waals surface area contributed by atoms with Crippen molar-refractivity contribution in [2.24, 2.45) is 0 Å². The van der Waals surface area contributed by atoms with Crippen molar-refractivity contribution in [3.8, 4) is 0 Å². The van der Waals surface area contributed by atoms with E-state index in [4.69, 9.17) is 4.74 Å². The summed E-state index contributed by atoms with van der Waals surface area (Å²) in [7, 11) is 0. The Balaban J connectivity index is 2.41. The van der Waals surface area contributed by atoms with E-state index in [0.717, 1.165) is 12.8 Å². The number of hydrogen-bond acceptors (Lipinski definition) is 2. The van der Waals surface area contributed by atoms with Crippen LogP contribution in [-0.2, 0) is 9.53 Å². The predicted molar refractivity (Wildman–Crippen MR) is 38.5 cm³/mol. The molecule has 0 saturated heterocycles. The van der Waals surface area contributed by atoms with E-state index in [2.05, 4.69) is 0 Å². The van der Waals surface area contributed by atoms with Gasteiger partial charge in [0.1, 0.15) is 0 Å². The molecule has 1 rings (SSSR count). The minimum Gasteiger partial charge on any atom is -0.491 e. The van der Waals surface area contributed by atoms with Crippen molar-refractivity contribution < 1.29 is 9.53 Å². The summed E-state index contributed by atoms with van der Waals surface area (Å²) < 4.78 is 5.10. The fourth-order valence-electron chi connectivity index (χ4n) is 0.999. The summed E-state index contributed by atoms with van der Waals surface area (Å²) in [6.45, 7) is 1.87. The van der Waals surface area contributed by atoms with Crippen molar-refractivity contribution in [3.63, 3.8) is 0 Å². The molecule has 0 N–H and O–H groups in total. The van der Waals surface area contributed by atoms with Crippen molar-refractivity contribution in [2.45, 2.75) is 32.3 Å². The number of allylic oxidation sites excluding steroid dienone is 1. The summed E-state index contributed by atoms with van der Waals surface area (Å²) in [6.07, 6.45) is 5.81. The van der Waals surface area contributed by atoms with Gasteiger partial charge < -0.3 is 4.74 Å². The van der Waals surface area contributed by atoms with Gasteiger partial charge in [0, 0.05) is 6.42 Å². The van der Waals surface area contributed by atoms with Crippen LogP contribution in [0.1, 0.15) is 26.2 Å². The molecule has 0 aromatic carbocycles. The van der Waals surface area contributed by atoms with Gasteiger partial charge in [-0.15, -0.1) is 0 Å². The summed E-state index contributed by atoms with van der Waals surface area (Å²) in [6, 6.07) is 0. The Bertz CT molecular complexity index is 149. The smallest absolute Gasteiger partial charge is 0.172 e. The van der Waals surface area contributed by atoms with Gasteiger partial charge in [0.25, 0.3) is 0 Å². The predicted octanol–water partition coefficient (Wildman–Crippen LogP) is 1.66. The van der Waals surface area contributed by atoms with Crippen LogP contribution in [0.15, 0.2) is 12.3 Å². The van der Waals surface area contributed by atoms with Crippen molar-refractivity contribution in [3.05, 3.63) is 12.3 Å². The maximum absolute atomic E-state index is 11.0. The van der Waals surface area contributed by atoms with E-state index < -0.39 is 0 Å². The van der Waals surface area contributed by atoms with Crippen LogP contribution < -0.4 is 0 Å². The Hall–Kier alpha value is -0.790. The third-order valence-corrected chi connectivity index (χ3v) is 1.64. The third kappa shape index (κ3) is 1.59. The molecule has 10 heavy (non-hydrogen) atoms. The van der Waals surface area contributed by atoms with E-state index in [-0.39, 0.29) is 11.9 Å². The van der Waals surface area contributed by atoms with Crippen molar-refractivity contribution >= 4 is 5.78 Å². The molecule has 0 spiro atoms. The molecule has 1 aliphatic rings. The zero-order valence-electron chi connectivity index (χ0n) is 6.17. The molecule has 0 fully saturated rings. The second kappa shape index (κ2) is 3.40. The maximum Gasteiger partial charge on any atom is 0.172 e. The summed E-state index contributed by atoms with van der Waals surface area (Å²) in [5, 5.41) is 0. The normalized spacial score (nSPS) is 23.9. The summed E-state index contributed by atoms with van der Waals surface area (Å²) >= 11 is 0. The van der Waals surface area contributed by atoms with Crippen LogP contribution in [0.3, 0.4) is 0 Å². The van der Waals surface area contributed by atoms with Crippen LogP contribution >= 0.6 is 0 Å². The largest absolute Gasteiger partial charge is 0.491 e. The van der Waals surface area contributed by atoms with Gasteiger partial charge in [0.2, 0.25) is 0 Å². The minimum absolute atomic E-state index is 0.157. The first-order valence-corrected chi connectivity index (χ1v) is 3.67. The van der Waals surface area contributed by atoms with Gasteiger partial charge in [-0.1, -0.05) is 6.92 Å². The highest BCUT2D eigenvalue weighted by molar-refractivity contribution is 5.82. The molecular formula is C8H12O2. The van der Waals surface area contributed by atoms with E-state index in [0.29, 0.717) is 6.42 Å². The lowest BCUT2D eigenvalue weighted by Crippen LogP contribution is -2.22. The molecule has 0 amide bonds. The highest BCUT2D eigenvalue weighted by atomic mass is 16.5. The fraction of sp³-hybridized carbons (Fsp3) is 0.625. The summed E-state index contributed by atoms with van der Waals surface area (Å²) in [5.41, 5.74) is 0. The molecule has 0 bridgehead atoms. The number of hydrogen-bond donors (Lipinski definition) is 0. The lowest BCUT2D eigenvalue weighted by molar-refractivity contribution is -0.127. The van der Waals surface area contributed by atoms with Gasteiger partial charge in [0.05, 0.1) is 6.26 Å². The number of ether oxygens (including phenoxy) is 1. The minimum atomic E-state index is -0.157. The number of Topliss-reactive ketones (excluding diaryl/α,β-unsaturated/α-hetero) is 1. The topological polar surface area (TPSA) is 26.3 Å². The molecule has 56 valence electrons. The molecular weight excluding hydrogens is 128 g/mol. The summed E-state index contributed by atoms with van der Waals surface area (Å²) in [4.78, 5) is 11.0. The molecule has 0 radical (unpaired) electrons. The van der Waals surface area contributed by atoms with Crippen LogP contribution in [-0.4, -0.2) is 11.9 Å². The molecule has 2 nitrogen and oxygen atoms in total. The molecule has 0 aromatic rings. The van der Waals surface area contributed by atoms with E-state index in [9.17, 15) is 4.79 Å². The van der Waals surface area contributed by atoms with Gasteiger partial charge in [0.15, 0.2) is 11.9 Å². The quantitative estimate of drug-likeness (QED) is 0.583. The van der Waals surface area contributed by atoms with Crippen LogP contribution in [0.5, 0.6) is 0 Å². The average molecular weight is 140 g/mol. The zero-order chi connectivity index (χ0) is 7.40. The van der Waals surface area contributed by atoms with Crippen molar-refractivity contribution in [1.29, 1.82) is 0 Å². The van der Waals surface area contributed by atoms with Gasteiger partial charge in [-0.25, -0.2) is 0 Å². The Morgan fingerprint density at radius 1 is 1.80 bits per heavy atom. The highest BCUT2D eigenvalue weighted by Gasteiger charge is 2.17. The van der Waals surface area contributed by atoms with E-state index >= 15 is 0 Å². The Labute approximate surface area is 60.9 Å². The molecule has 2 heteroatoms. The van der Waals surface area contributed by atoms with Crippen LogP contribution in [0, 0.1) is 0 Å². The van der Waals surface area contributed by atoms with E-state index in [1.54, 1.807) is 6.26 Å². The lowest BCUT2D eigenvalue weighted by Gasteiger charge is -2.16. The Morgan fingerprint density at radius 2 is 2.60 bits per heavy atom. The average Bonchev–Trinajstić information content (AvgIpc) is 2.05. The third-order valence-electron chi connectivity index (χ3n) is 1.64.